The van der Waals surface area contributed by atoms with Gasteiger partial charge in [-0.1, -0.05) is 127 Å². The van der Waals surface area contributed by atoms with E-state index in [1.165, 1.54) is 32.1 Å². The third-order valence-electron chi connectivity index (χ3n) is 9.25. The minimum Gasteiger partial charge on any atom is -0.481 e. The van der Waals surface area contributed by atoms with Crippen LogP contribution in [0.2, 0.25) is 0 Å². The van der Waals surface area contributed by atoms with Crippen LogP contribution in [-0.4, -0.2) is 110 Å². The Kier molecular flexibility index (Phi) is 35.8. The molecule has 0 aromatic carbocycles. The summed E-state index contributed by atoms with van der Waals surface area (Å²) < 4.78 is 47.9. The summed E-state index contributed by atoms with van der Waals surface area (Å²) in [4.78, 5) is 64.5. The molecular weight excluding hydrogens is 868 g/mol. The van der Waals surface area contributed by atoms with Crippen LogP contribution in [0.4, 0.5) is 0 Å². The van der Waals surface area contributed by atoms with Gasteiger partial charge in [0.1, 0.15) is 18.8 Å². The number of allylic oxidation sites excluding steroid dienone is 7. The van der Waals surface area contributed by atoms with Gasteiger partial charge in [-0.25, -0.2) is 9.13 Å². The van der Waals surface area contributed by atoms with Crippen LogP contribution >= 0.6 is 27.4 Å². The van der Waals surface area contributed by atoms with E-state index >= 15 is 0 Å². The summed E-state index contributed by atoms with van der Waals surface area (Å²) in [6.07, 6.45) is 24.9. The number of thioether (sulfide) groups is 1. The molecule has 0 radical (unpaired) electrons. The van der Waals surface area contributed by atoms with E-state index in [2.05, 4.69) is 42.0 Å². The number of ether oxygens (including phenoxy) is 2. The van der Waals surface area contributed by atoms with Gasteiger partial charge >= 0.3 is 33.6 Å². The predicted octanol–water partition coefficient (Wildman–Crippen LogP) is 7.45. The number of esters is 2. The van der Waals surface area contributed by atoms with Crippen LogP contribution < -0.4 is 5.73 Å². The molecule has 0 bridgehead atoms. The molecule has 0 aromatic heterocycles. The van der Waals surface area contributed by atoms with Gasteiger partial charge in [0.25, 0.3) is 0 Å². The second-order valence-electron chi connectivity index (χ2n) is 15.1. The molecule has 0 aromatic rings. The molecule has 62 heavy (non-hydrogen) atoms. The van der Waals surface area contributed by atoms with Gasteiger partial charge in [0, 0.05) is 23.8 Å². The van der Waals surface area contributed by atoms with Crippen molar-refractivity contribution in [3.63, 3.8) is 0 Å². The molecule has 2 unspecified atom stereocenters. The summed E-state index contributed by atoms with van der Waals surface area (Å²) in [5.74, 6) is -1.93. The number of unbranched alkanes of at least 4 members (excludes halogenated alkanes) is 8. The molecule has 7 atom stereocenters. The number of phosphoric ester groups is 2. The van der Waals surface area contributed by atoms with Crippen molar-refractivity contribution in [1.82, 2.24) is 0 Å². The molecule has 0 spiro atoms. The second kappa shape index (κ2) is 37.1. The number of phosphoric acid groups is 2. The highest BCUT2D eigenvalue weighted by molar-refractivity contribution is 8.00. The Hall–Kier alpha value is -2.18. The zero-order valence-electron chi connectivity index (χ0n) is 36.8. The predicted molar refractivity (Wildman–Crippen MR) is 240 cm³/mol. The molecular formula is C42H75NO16P2S. The largest absolute Gasteiger partial charge is 0.481 e. The quantitative estimate of drug-likeness (QED) is 0.0103. The molecule has 0 aliphatic carbocycles. The van der Waals surface area contributed by atoms with E-state index in [0.29, 0.717) is 12.3 Å². The monoisotopic (exact) mass is 943 g/mol. The minimum absolute atomic E-state index is 0.0702. The van der Waals surface area contributed by atoms with Crippen molar-refractivity contribution < 1.29 is 76.6 Å². The number of aliphatic hydroxyl groups excluding tert-OH is 2. The number of rotatable bonds is 40. The van der Waals surface area contributed by atoms with Gasteiger partial charge in [0.15, 0.2) is 6.10 Å². The number of carbonyl (C=O) groups excluding carboxylic acids is 2. The molecule has 0 amide bonds. The van der Waals surface area contributed by atoms with Gasteiger partial charge in [-0.3, -0.25) is 28.0 Å². The maximum absolute atomic E-state index is 13.2. The van der Waals surface area contributed by atoms with Gasteiger partial charge < -0.3 is 45.2 Å². The minimum atomic E-state index is -4.96. The molecule has 20 heteroatoms. The molecule has 0 heterocycles. The van der Waals surface area contributed by atoms with Crippen LogP contribution in [-0.2, 0) is 46.6 Å². The van der Waals surface area contributed by atoms with E-state index in [1.54, 1.807) is 18.2 Å². The molecule has 0 saturated carbocycles. The average molecular weight is 944 g/mol. The summed E-state index contributed by atoms with van der Waals surface area (Å²) in [5.41, 5.74) is 6.17. The molecule has 17 nitrogen and oxygen atoms in total. The van der Waals surface area contributed by atoms with Crippen LogP contribution in [0.25, 0.3) is 0 Å². The van der Waals surface area contributed by atoms with Crippen LogP contribution in [0.1, 0.15) is 130 Å². The van der Waals surface area contributed by atoms with Gasteiger partial charge in [-0.05, 0) is 44.4 Å². The number of aliphatic hydroxyl groups is 2. The third kappa shape index (κ3) is 37.2. The number of hydrogen-bond acceptors (Lipinski definition) is 14. The fraction of sp³-hybridized carbons (Fsp3) is 0.738. The summed E-state index contributed by atoms with van der Waals surface area (Å²) in [6.45, 7) is 3.36. The lowest BCUT2D eigenvalue weighted by molar-refractivity contribution is -0.161. The number of hydrogen-bond donors (Lipinski definition) is 7. The van der Waals surface area contributed by atoms with Crippen molar-refractivity contribution in [2.45, 2.75) is 160 Å². The fourth-order valence-electron chi connectivity index (χ4n) is 5.39. The normalized spacial score (nSPS) is 16.4. The van der Waals surface area contributed by atoms with Gasteiger partial charge in [0.05, 0.1) is 25.9 Å². The Morgan fingerprint density at radius 1 is 0.742 bits per heavy atom. The molecule has 0 saturated heterocycles. The summed E-state index contributed by atoms with van der Waals surface area (Å²) in [5, 5.41) is 29.2. The highest BCUT2D eigenvalue weighted by Crippen LogP contribution is 2.44. The summed E-state index contributed by atoms with van der Waals surface area (Å²) in [7, 11) is -9.89. The first-order valence-corrected chi connectivity index (χ1v) is 25.7. The first-order valence-electron chi connectivity index (χ1n) is 21.7. The lowest BCUT2D eigenvalue weighted by atomic mass is 10.00. The van der Waals surface area contributed by atoms with Gasteiger partial charge in [-0.15, -0.1) is 11.8 Å². The van der Waals surface area contributed by atoms with E-state index < -0.39 is 89.6 Å². The van der Waals surface area contributed by atoms with E-state index in [4.69, 9.17) is 34.6 Å². The summed E-state index contributed by atoms with van der Waals surface area (Å²) in [6, 6.07) is -1.29. The van der Waals surface area contributed by atoms with E-state index in [9.17, 15) is 38.6 Å². The Morgan fingerprint density at radius 2 is 1.40 bits per heavy atom. The van der Waals surface area contributed by atoms with E-state index in [0.717, 1.165) is 56.7 Å². The van der Waals surface area contributed by atoms with Crippen molar-refractivity contribution in [3.8, 4) is 0 Å². The summed E-state index contributed by atoms with van der Waals surface area (Å²) >= 11 is 1.13. The number of aliphatic carboxylic acids is 1. The SMILES string of the molecule is CCCCC/C=C\C\C=C/C=C/C=C/[C@@H](SC[C@H](N)C(=O)O[C@H](COC(=O)CCCCCCCCC(C)CC)COP(=O)(O)OC[C@@H](O)COP(=O)(O)O)[C@@H](O)CCCC(=O)O. The van der Waals surface area contributed by atoms with Crippen LogP contribution in [0.15, 0.2) is 48.6 Å². The number of carbonyl (C=O) groups is 3. The van der Waals surface area contributed by atoms with Gasteiger partial charge in [-0.2, -0.15) is 0 Å². The first-order chi connectivity index (χ1) is 29.4. The Bertz CT molecular complexity index is 1420. The molecule has 0 rings (SSSR count). The van der Waals surface area contributed by atoms with Crippen LogP contribution in [0.5, 0.6) is 0 Å². The van der Waals surface area contributed by atoms with Crippen LogP contribution in [0, 0.1) is 5.92 Å². The second-order valence-corrected chi connectivity index (χ2v) is 19.0. The molecule has 8 N–H and O–H groups in total. The fourth-order valence-corrected chi connectivity index (χ4v) is 7.68. The molecule has 0 aliphatic heterocycles. The van der Waals surface area contributed by atoms with Crippen molar-refractivity contribution >= 4 is 45.3 Å². The smallest absolute Gasteiger partial charge is 0.472 e. The number of carboxylic acid groups (broad SMARTS) is 1. The molecule has 360 valence electrons. The Balaban J connectivity index is 5.51. The molecule has 0 aliphatic rings. The lowest BCUT2D eigenvalue weighted by Crippen LogP contribution is -2.40. The van der Waals surface area contributed by atoms with E-state index in [1.807, 2.05) is 18.2 Å². The maximum Gasteiger partial charge on any atom is 0.472 e. The van der Waals surface area contributed by atoms with Crippen molar-refractivity contribution in [2.24, 2.45) is 11.7 Å². The Morgan fingerprint density at radius 3 is 2.08 bits per heavy atom. The number of nitrogens with two attached hydrogens (primary N) is 1. The van der Waals surface area contributed by atoms with E-state index in [-0.39, 0.29) is 31.4 Å². The highest BCUT2D eigenvalue weighted by Gasteiger charge is 2.30. The van der Waals surface area contributed by atoms with Crippen molar-refractivity contribution in [3.05, 3.63) is 48.6 Å². The topological polar surface area (TPSA) is 279 Å². The highest BCUT2D eigenvalue weighted by atomic mass is 32.2. The standard InChI is InChI=1S/C42H75NO16P2S/c1-4-6-7-8-9-10-11-12-13-14-18-21-26-39(38(45)25-23-27-40(46)47)62-33-37(43)42(49)59-36(32-58-61(53,54)57-30-35(44)29-56-60(50,51)52)31-55-41(48)28-22-19-16-15-17-20-24-34(3)5-2/h9-10,12-14,18,21,26,34-39,44-45H,4-8,11,15-17,19-20,22-25,27-33,43H2,1-3H3,(H,46,47)(H,53,54)(H2,50,51,52)/b10-9-,13-12-,18-14+,26-21+/t34?,35-,36+,37-,38-,39+/m0/s1. The zero-order valence-corrected chi connectivity index (χ0v) is 39.4. The van der Waals surface area contributed by atoms with Crippen molar-refractivity contribution in [2.75, 3.05) is 32.2 Å². The molecule has 0 fully saturated rings. The average Bonchev–Trinajstić information content (AvgIpc) is 3.21. The van der Waals surface area contributed by atoms with Crippen molar-refractivity contribution in [1.29, 1.82) is 0 Å². The first kappa shape index (κ1) is 59.8. The zero-order chi connectivity index (χ0) is 46.7. The third-order valence-corrected chi connectivity index (χ3v) is 12.1. The Labute approximate surface area is 372 Å². The van der Waals surface area contributed by atoms with Gasteiger partial charge in [0.2, 0.25) is 0 Å². The maximum atomic E-state index is 13.2. The number of carboxylic acids is 1. The van der Waals surface area contributed by atoms with Crippen LogP contribution in [0.3, 0.4) is 0 Å². The lowest BCUT2D eigenvalue weighted by Gasteiger charge is -2.23.